The fourth-order valence-corrected chi connectivity index (χ4v) is 3.14. The summed E-state index contributed by atoms with van der Waals surface area (Å²) in [6.45, 7) is 12.0. The Balaban J connectivity index is 4.09. The third-order valence-corrected chi connectivity index (χ3v) is 10.5. The molecule has 0 fully saturated rings. The van der Waals surface area contributed by atoms with E-state index in [4.69, 9.17) is 4.52 Å². The molecule has 4 nitrogen and oxygen atoms in total. The summed E-state index contributed by atoms with van der Waals surface area (Å²) < 4.78 is 16.8. The molecule has 0 aromatic carbocycles. The Morgan fingerprint density at radius 2 is 1.64 bits per heavy atom. The lowest BCUT2D eigenvalue weighted by molar-refractivity contribution is 0.267. The number of rotatable bonds is 5. The van der Waals surface area contributed by atoms with Gasteiger partial charge in [0.2, 0.25) is 0 Å². The van der Waals surface area contributed by atoms with Crippen LogP contribution in [-0.4, -0.2) is 27.6 Å². The van der Waals surface area contributed by atoms with Crippen LogP contribution < -0.4 is 4.98 Å². The van der Waals surface area contributed by atoms with E-state index in [9.17, 15) is 9.46 Å². The van der Waals surface area contributed by atoms with Crippen LogP contribution in [0.1, 0.15) is 0 Å². The summed E-state index contributed by atoms with van der Waals surface area (Å²) in [5.41, 5.74) is 0. The zero-order valence-corrected chi connectivity index (χ0v) is 12.8. The van der Waals surface area contributed by atoms with Crippen LogP contribution >= 0.6 is 7.14 Å². The fourth-order valence-electron chi connectivity index (χ4n) is 0.530. The molecule has 0 bridgehead atoms. The van der Waals surface area contributed by atoms with E-state index >= 15 is 0 Å². The first-order chi connectivity index (χ1) is 5.96. The molecule has 86 valence electrons. The predicted octanol–water partition coefficient (Wildman–Crippen LogP) is 2.41. The summed E-state index contributed by atoms with van der Waals surface area (Å²) in [6, 6.07) is 0. The second kappa shape index (κ2) is 4.59. The Hall–Kier alpha value is 0.544. The zero-order valence-electron chi connectivity index (χ0n) is 9.92. The fraction of sp³-hybridized carbons (Fsp3) is 1.00. The van der Waals surface area contributed by atoms with Gasteiger partial charge in [0.05, 0.1) is 0 Å². The first-order valence-electron chi connectivity index (χ1n) is 4.68. The Bertz CT molecular complexity index is 234. The summed E-state index contributed by atoms with van der Waals surface area (Å²) in [4.78, 5) is 12.8. The first-order valence-corrected chi connectivity index (χ1v) is 14.1. The molecule has 0 aliphatic carbocycles. The molecule has 0 radical (unpaired) electrons. The van der Waals surface area contributed by atoms with E-state index < -0.39 is 23.1 Å². The van der Waals surface area contributed by atoms with Crippen LogP contribution in [-0.2, 0) is 9.09 Å². The molecule has 0 rings (SSSR count). The molecule has 14 heavy (non-hydrogen) atoms. The normalized spacial score (nSPS) is 17.9. The third kappa shape index (κ3) is 5.43. The van der Waals surface area contributed by atoms with E-state index in [2.05, 4.69) is 24.6 Å². The maximum atomic E-state index is 11.7. The highest BCUT2D eigenvalue weighted by Crippen LogP contribution is 2.51. The lowest BCUT2D eigenvalue weighted by Gasteiger charge is -2.25. The molecule has 0 spiro atoms. The van der Waals surface area contributed by atoms with E-state index in [0.717, 1.165) is 0 Å². The molecule has 0 saturated carbocycles. The van der Waals surface area contributed by atoms with Crippen molar-refractivity contribution in [1.29, 1.82) is 0 Å². The largest absolute Gasteiger partial charge is 0.329 e. The lowest BCUT2D eigenvalue weighted by Crippen LogP contribution is -2.42. The molecule has 2 N–H and O–H groups in total. The quantitative estimate of drug-likeness (QED) is 0.450. The molecule has 0 aromatic rings. The minimum Gasteiger partial charge on any atom is -0.329 e. The molecule has 0 aliphatic heterocycles. The van der Waals surface area contributed by atoms with Crippen molar-refractivity contribution in [2.24, 2.45) is 0 Å². The Labute approximate surface area is 88.5 Å². The Kier molecular flexibility index (Phi) is 4.77. The first kappa shape index (κ1) is 14.5. The van der Waals surface area contributed by atoms with Crippen LogP contribution in [0.15, 0.2) is 0 Å². The lowest BCUT2D eigenvalue weighted by atomic mass is 11.4. The minimum absolute atomic E-state index is 0.188. The van der Waals surface area contributed by atoms with Gasteiger partial charge in [-0.3, -0.25) is 9.09 Å². The highest BCUT2D eigenvalue weighted by molar-refractivity contribution is 7.91. The van der Waals surface area contributed by atoms with E-state index in [0.29, 0.717) is 0 Å². The van der Waals surface area contributed by atoms with Crippen LogP contribution in [0.5, 0.6) is 0 Å². The number of hydrogen-bond donors (Lipinski definition) is 2. The molecule has 7 heteroatoms. The molecule has 0 heterocycles. The molecule has 1 atom stereocenters. The van der Waals surface area contributed by atoms with Gasteiger partial charge in [0, 0.05) is 0 Å². The van der Waals surface area contributed by atoms with Crippen LogP contribution in [0.2, 0.25) is 39.3 Å². The monoisotopic (exact) mass is 255 g/mol. The molecular weight excluding hydrogens is 233 g/mol. The van der Waals surface area contributed by atoms with Gasteiger partial charge in [0.1, 0.15) is 15.0 Å². The SMILES string of the molecule is C[Si](C)(C)NCOP(=O)(O)[Si](C)(C)C. The maximum absolute atomic E-state index is 11.7. The van der Waals surface area contributed by atoms with Gasteiger partial charge in [-0.1, -0.05) is 39.3 Å². The highest BCUT2D eigenvalue weighted by Gasteiger charge is 2.38. The van der Waals surface area contributed by atoms with Crippen molar-refractivity contribution < 1.29 is 14.0 Å². The van der Waals surface area contributed by atoms with E-state index in [1.165, 1.54) is 0 Å². The molecular formula is C7H22NO3PSi2. The Morgan fingerprint density at radius 3 is 1.93 bits per heavy atom. The van der Waals surface area contributed by atoms with Crippen LogP contribution in [0.25, 0.3) is 0 Å². The topological polar surface area (TPSA) is 58.6 Å². The third-order valence-electron chi connectivity index (χ3n) is 1.69. The van der Waals surface area contributed by atoms with Gasteiger partial charge in [-0.25, -0.2) is 0 Å². The standard InChI is InChI=1S/C7H22NO3PSi2/c1-13(2,3)8-7-11-12(9,10)14(4,5)6/h8H,7H2,1-6H3,(H,9,10). The van der Waals surface area contributed by atoms with Gasteiger partial charge in [0.15, 0.2) is 7.74 Å². The molecule has 0 aliphatic rings. The van der Waals surface area contributed by atoms with Crippen LogP contribution in [0.4, 0.5) is 0 Å². The number of nitrogens with one attached hydrogen (secondary N) is 1. The van der Waals surface area contributed by atoms with Crippen molar-refractivity contribution >= 4 is 23.1 Å². The van der Waals surface area contributed by atoms with Crippen molar-refractivity contribution in [1.82, 2.24) is 4.98 Å². The van der Waals surface area contributed by atoms with E-state index in [-0.39, 0.29) is 6.73 Å². The van der Waals surface area contributed by atoms with Gasteiger partial charge in [-0.15, -0.1) is 0 Å². The van der Waals surface area contributed by atoms with Crippen molar-refractivity contribution in [3.05, 3.63) is 0 Å². The Morgan fingerprint density at radius 1 is 1.21 bits per heavy atom. The van der Waals surface area contributed by atoms with Gasteiger partial charge < -0.3 is 9.88 Å². The van der Waals surface area contributed by atoms with Gasteiger partial charge in [-0.2, -0.15) is 0 Å². The van der Waals surface area contributed by atoms with Crippen LogP contribution in [0, 0.1) is 0 Å². The van der Waals surface area contributed by atoms with Gasteiger partial charge in [0.25, 0.3) is 7.14 Å². The van der Waals surface area contributed by atoms with Crippen molar-refractivity contribution in [3.8, 4) is 0 Å². The van der Waals surface area contributed by atoms with Crippen LogP contribution in [0.3, 0.4) is 0 Å². The van der Waals surface area contributed by atoms with Crippen molar-refractivity contribution in [2.45, 2.75) is 39.3 Å². The average Bonchev–Trinajstić information content (AvgIpc) is 1.80. The smallest absolute Gasteiger partial charge is 0.295 e. The van der Waals surface area contributed by atoms with E-state index in [1.807, 2.05) is 19.6 Å². The van der Waals surface area contributed by atoms with Gasteiger partial charge >= 0.3 is 0 Å². The predicted molar refractivity (Wildman–Crippen MR) is 65.6 cm³/mol. The molecule has 0 saturated heterocycles. The maximum Gasteiger partial charge on any atom is 0.295 e. The summed E-state index contributed by atoms with van der Waals surface area (Å²) in [5, 5.41) is 0. The minimum atomic E-state index is -3.36. The zero-order chi connectivity index (χ0) is 11.6. The number of hydrogen-bond acceptors (Lipinski definition) is 3. The molecule has 1 unspecified atom stereocenters. The summed E-state index contributed by atoms with van der Waals surface area (Å²) in [6.07, 6.45) is 0. The van der Waals surface area contributed by atoms with E-state index in [1.54, 1.807) is 0 Å². The summed E-state index contributed by atoms with van der Waals surface area (Å²) in [5.74, 6) is 0. The second-order valence-electron chi connectivity index (χ2n) is 5.39. The van der Waals surface area contributed by atoms with Crippen molar-refractivity contribution in [2.75, 3.05) is 6.73 Å². The van der Waals surface area contributed by atoms with Crippen molar-refractivity contribution in [3.63, 3.8) is 0 Å². The average molecular weight is 255 g/mol. The van der Waals surface area contributed by atoms with Gasteiger partial charge in [-0.05, 0) is 0 Å². The second-order valence-corrected chi connectivity index (χ2v) is 21.6. The molecule has 0 amide bonds. The molecule has 0 aromatic heterocycles. The summed E-state index contributed by atoms with van der Waals surface area (Å²) in [7, 11) is -6.89. The highest BCUT2D eigenvalue weighted by atomic mass is 31.4. The summed E-state index contributed by atoms with van der Waals surface area (Å²) >= 11 is 0.